The zero-order valence-electron chi connectivity index (χ0n) is 31.7. The Morgan fingerprint density at radius 2 is 1.74 bits per heavy atom. The minimum Gasteiger partial charge on any atom is -0.490 e. The molecule has 2 unspecified atom stereocenters. The predicted molar refractivity (Wildman–Crippen MR) is 197 cm³/mol. The monoisotopic (exact) mass is 794 g/mol. The van der Waals surface area contributed by atoms with E-state index in [2.05, 4.69) is 31.0 Å². The summed E-state index contributed by atoms with van der Waals surface area (Å²) in [6.45, 7) is 7.88. The summed E-state index contributed by atoms with van der Waals surface area (Å²) in [5.41, 5.74) is -1.19. The third-order valence-electron chi connectivity index (χ3n) is 9.42. The lowest BCUT2D eigenvalue weighted by atomic mass is 9.97. The predicted octanol–water partition coefficient (Wildman–Crippen LogP) is 4.78. The number of pyridine rings is 2. The van der Waals surface area contributed by atoms with Crippen LogP contribution in [0.3, 0.4) is 0 Å². The van der Waals surface area contributed by atoms with Gasteiger partial charge < -0.3 is 43.0 Å². The molecule has 2 bridgehead atoms. The number of methoxy groups -OCH3 is 2. The van der Waals surface area contributed by atoms with Crippen LogP contribution in [0.25, 0.3) is 28.0 Å². The van der Waals surface area contributed by atoms with Crippen molar-refractivity contribution >= 4 is 35.1 Å². The normalized spacial score (nSPS) is 17.8. The summed E-state index contributed by atoms with van der Waals surface area (Å²) in [7, 11) is 2.21. The SMILES string of the molecule is C=CC(=O)N1CCN(c2nc(=O)n3c4nc(c(F)cc24)-c2c(F)cccc2OCC(OCOC(=O)OC)C(OCOC(=O)OC)c2ccnc(C(C)C)c2-3)[C@@H](C)C1. The topological polar surface area (TPSA) is 183 Å². The van der Waals surface area contributed by atoms with E-state index < -0.39 is 73.8 Å². The maximum atomic E-state index is 16.6. The fourth-order valence-corrected chi connectivity index (χ4v) is 6.77. The molecule has 302 valence electrons. The van der Waals surface area contributed by atoms with Crippen molar-refractivity contribution in [2.45, 2.75) is 44.9 Å². The fraction of sp³-hybridized carbons (Fsp3) is 0.395. The van der Waals surface area contributed by atoms with Gasteiger partial charge in [-0.1, -0.05) is 26.5 Å². The first-order chi connectivity index (χ1) is 27.4. The third kappa shape index (κ3) is 8.20. The molecule has 2 aliphatic rings. The summed E-state index contributed by atoms with van der Waals surface area (Å²) < 4.78 is 71.2. The van der Waals surface area contributed by atoms with Crippen molar-refractivity contribution in [3.05, 3.63) is 82.6 Å². The molecule has 3 atom stereocenters. The van der Waals surface area contributed by atoms with Gasteiger partial charge in [-0.3, -0.25) is 9.78 Å². The van der Waals surface area contributed by atoms with E-state index in [4.69, 9.17) is 23.7 Å². The van der Waals surface area contributed by atoms with E-state index in [0.29, 0.717) is 5.69 Å². The van der Waals surface area contributed by atoms with Gasteiger partial charge >= 0.3 is 18.0 Å². The number of fused-ring (bicyclic) bond motifs is 5. The van der Waals surface area contributed by atoms with Crippen molar-refractivity contribution in [3.63, 3.8) is 0 Å². The quantitative estimate of drug-likeness (QED) is 0.128. The molecule has 0 N–H and O–H groups in total. The summed E-state index contributed by atoms with van der Waals surface area (Å²) in [6.07, 6.45) is -2.09. The largest absolute Gasteiger partial charge is 0.510 e. The number of aromatic nitrogens is 4. The lowest BCUT2D eigenvalue weighted by molar-refractivity contribution is -0.163. The van der Waals surface area contributed by atoms with Crippen LogP contribution in [-0.2, 0) is 33.2 Å². The van der Waals surface area contributed by atoms with Gasteiger partial charge in [-0.05, 0) is 43.2 Å². The highest BCUT2D eigenvalue weighted by molar-refractivity contribution is 5.91. The summed E-state index contributed by atoms with van der Waals surface area (Å²) in [4.78, 5) is 68.3. The lowest BCUT2D eigenvalue weighted by Gasteiger charge is -2.40. The van der Waals surface area contributed by atoms with E-state index in [1.54, 1.807) is 9.80 Å². The highest BCUT2D eigenvalue weighted by atomic mass is 19.1. The molecule has 1 amide bonds. The van der Waals surface area contributed by atoms with Crippen molar-refractivity contribution in [3.8, 4) is 22.7 Å². The van der Waals surface area contributed by atoms with Crippen LogP contribution in [0.4, 0.5) is 24.2 Å². The second-order valence-electron chi connectivity index (χ2n) is 13.2. The maximum absolute atomic E-state index is 16.6. The van der Waals surface area contributed by atoms with E-state index in [-0.39, 0.29) is 70.9 Å². The second kappa shape index (κ2) is 17.3. The highest BCUT2D eigenvalue weighted by Gasteiger charge is 2.36. The summed E-state index contributed by atoms with van der Waals surface area (Å²) in [5.74, 6) is -2.58. The van der Waals surface area contributed by atoms with Gasteiger partial charge in [-0.25, -0.2) is 32.7 Å². The molecule has 4 aromatic rings. The van der Waals surface area contributed by atoms with Gasteiger partial charge in [0.1, 0.15) is 41.9 Å². The highest BCUT2D eigenvalue weighted by Crippen LogP contribution is 2.40. The Morgan fingerprint density at radius 1 is 1.02 bits per heavy atom. The van der Waals surface area contributed by atoms with Gasteiger partial charge in [-0.2, -0.15) is 4.98 Å². The molecule has 0 spiro atoms. The van der Waals surface area contributed by atoms with E-state index >= 15 is 8.78 Å². The summed E-state index contributed by atoms with van der Waals surface area (Å²) in [5, 5.41) is 0.0809. The first-order valence-electron chi connectivity index (χ1n) is 17.7. The molecule has 0 saturated carbocycles. The molecular formula is C38H40F2N6O11. The molecule has 1 fully saturated rings. The Balaban J connectivity index is 1.67. The maximum Gasteiger partial charge on any atom is 0.510 e. The Kier molecular flexibility index (Phi) is 12.3. The van der Waals surface area contributed by atoms with Gasteiger partial charge in [0.05, 0.1) is 36.6 Å². The first kappa shape index (κ1) is 40.5. The lowest BCUT2D eigenvalue weighted by Crippen LogP contribution is -2.54. The van der Waals surface area contributed by atoms with Gasteiger partial charge in [0, 0.05) is 37.4 Å². The zero-order valence-corrected chi connectivity index (χ0v) is 31.7. The van der Waals surface area contributed by atoms with Gasteiger partial charge in [0.2, 0.25) is 5.91 Å². The number of carbonyl (C=O) groups excluding carboxylic acids is 3. The zero-order chi connectivity index (χ0) is 41.0. The number of anilines is 1. The van der Waals surface area contributed by atoms with Crippen molar-refractivity contribution in [1.29, 1.82) is 0 Å². The number of piperazine rings is 1. The number of nitrogens with zero attached hydrogens (tertiary/aromatic N) is 6. The molecule has 5 heterocycles. The van der Waals surface area contributed by atoms with Crippen LogP contribution in [0.5, 0.6) is 5.75 Å². The van der Waals surface area contributed by atoms with Gasteiger partial charge in [0.25, 0.3) is 0 Å². The fourth-order valence-electron chi connectivity index (χ4n) is 6.77. The van der Waals surface area contributed by atoms with Crippen molar-refractivity contribution in [2.75, 3.05) is 58.9 Å². The number of benzene rings is 1. The summed E-state index contributed by atoms with van der Waals surface area (Å²) in [6, 6.07) is 6.09. The molecule has 2 aliphatic heterocycles. The Morgan fingerprint density at radius 3 is 2.40 bits per heavy atom. The van der Waals surface area contributed by atoms with Crippen LogP contribution in [0.15, 0.2) is 54.0 Å². The van der Waals surface area contributed by atoms with E-state index in [9.17, 15) is 19.2 Å². The Bertz CT molecular complexity index is 2250. The van der Waals surface area contributed by atoms with Crippen LogP contribution in [-0.4, -0.2) is 109 Å². The molecule has 6 rings (SSSR count). The molecule has 0 aliphatic carbocycles. The van der Waals surface area contributed by atoms with E-state index in [1.165, 1.54) is 30.5 Å². The first-order valence-corrected chi connectivity index (χ1v) is 17.7. The van der Waals surface area contributed by atoms with Crippen molar-refractivity contribution < 1.29 is 56.3 Å². The minimum atomic E-state index is -1.33. The molecule has 1 aromatic carbocycles. The molecular weight excluding hydrogens is 754 g/mol. The number of hydrogen-bond acceptors (Lipinski definition) is 15. The van der Waals surface area contributed by atoms with E-state index in [0.717, 1.165) is 30.9 Å². The van der Waals surface area contributed by atoms with Crippen LogP contribution >= 0.6 is 0 Å². The smallest absolute Gasteiger partial charge is 0.490 e. The molecule has 0 radical (unpaired) electrons. The number of hydrogen-bond donors (Lipinski definition) is 0. The number of halogens is 2. The van der Waals surface area contributed by atoms with Crippen LogP contribution in [0.2, 0.25) is 0 Å². The van der Waals surface area contributed by atoms with Crippen molar-refractivity contribution in [1.82, 2.24) is 24.4 Å². The molecule has 1 saturated heterocycles. The van der Waals surface area contributed by atoms with Crippen LogP contribution < -0.4 is 15.3 Å². The number of ether oxygens (including phenoxy) is 7. The third-order valence-corrected chi connectivity index (χ3v) is 9.42. The van der Waals surface area contributed by atoms with E-state index in [1.807, 2.05) is 20.8 Å². The minimum absolute atomic E-state index is 0.0801. The molecule has 57 heavy (non-hydrogen) atoms. The number of amides is 1. The second-order valence-corrected chi connectivity index (χ2v) is 13.2. The molecule has 17 nitrogen and oxygen atoms in total. The number of carbonyl (C=O) groups is 3. The average molecular weight is 795 g/mol. The standard InChI is InChI=1S/C38H40F2N6O11/c1-7-28(47)44-13-14-45(21(4)16-44)34-23-15-25(40)31-29-24(39)9-8-10-26(29)53-17-27(54-18-56-37(49)51-5)33(55-19-57-38(50)52-6)22-11-12-41-30(20(2)3)32(22)46(35(23)42-31)36(48)43-34/h7-12,15,20-21,27,33H,1,13-14,16-19H2,2-6H3/t21-,27?,33?/m0/s1. The molecule has 19 heteroatoms. The van der Waals surface area contributed by atoms with Crippen LogP contribution in [0, 0.1) is 11.6 Å². The molecule has 3 aromatic heterocycles. The van der Waals surface area contributed by atoms with Gasteiger partial charge in [0.15, 0.2) is 25.1 Å². The van der Waals surface area contributed by atoms with Crippen molar-refractivity contribution in [2.24, 2.45) is 0 Å². The number of rotatable bonds is 9. The Hall–Kier alpha value is -6.21. The average Bonchev–Trinajstić information content (AvgIpc) is 3.19. The summed E-state index contributed by atoms with van der Waals surface area (Å²) >= 11 is 0. The van der Waals surface area contributed by atoms with Gasteiger partial charge in [-0.15, -0.1) is 0 Å². The van der Waals surface area contributed by atoms with Crippen LogP contribution in [0.1, 0.15) is 44.1 Å². The Labute approximate surface area is 324 Å².